The van der Waals surface area contributed by atoms with E-state index in [4.69, 9.17) is 9.47 Å². The van der Waals surface area contributed by atoms with Crippen molar-refractivity contribution in [2.45, 2.75) is 44.4 Å². The molecule has 3 amide bonds. The van der Waals surface area contributed by atoms with Gasteiger partial charge in [0.05, 0.1) is 6.10 Å². The fraction of sp³-hybridized carbons (Fsp3) is 0.435. The summed E-state index contributed by atoms with van der Waals surface area (Å²) >= 11 is 0. The van der Waals surface area contributed by atoms with Gasteiger partial charge in [-0.25, -0.2) is 4.79 Å². The van der Waals surface area contributed by atoms with E-state index < -0.39 is 0 Å². The molecule has 164 valence electrons. The largest absolute Gasteiger partial charge is 0.376 e. The summed E-state index contributed by atoms with van der Waals surface area (Å²) in [7, 11) is 0. The summed E-state index contributed by atoms with van der Waals surface area (Å²) in [6, 6.07) is 10.7. The Kier molecular flexibility index (Phi) is 7.11. The van der Waals surface area contributed by atoms with Gasteiger partial charge < -0.3 is 25.0 Å². The minimum absolute atomic E-state index is 0.0535. The second-order valence-corrected chi connectivity index (χ2v) is 7.88. The Labute approximate surface area is 181 Å². The van der Waals surface area contributed by atoms with Gasteiger partial charge >= 0.3 is 6.03 Å². The standard InChI is InChI=1S/C23H28N4O4/c28-22(21-6-3-13-31-21)25-18-7-9-19(10-8-18)26-23(29)27(16-20-5-2-12-30-20)15-17-4-1-11-24-14-17/h1,4,7-11,14,20-21H,2-3,5-6,12-13,15-16H2,(H,25,28)(H,26,29)/t20-,21+/m1/s1. The first-order valence-corrected chi connectivity index (χ1v) is 10.8. The first kappa shape index (κ1) is 21.3. The number of amides is 3. The Hall–Kier alpha value is -2.97. The highest BCUT2D eigenvalue weighted by atomic mass is 16.5. The Morgan fingerprint density at radius 3 is 2.39 bits per heavy atom. The molecule has 2 aliphatic heterocycles. The summed E-state index contributed by atoms with van der Waals surface area (Å²) in [5, 5.41) is 5.80. The van der Waals surface area contributed by atoms with Crippen LogP contribution in [0.25, 0.3) is 0 Å². The van der Waals surface area contributed by atoms with Crippen molar-refractivity contribution in [1.29, 1.82) is 0 Å². The van der Waals surface area contributed by atoms with Crippen LogP contribution in [0.5, 0.6) is 0 Å². The third kappa shape index (κ3) is 6.02. The van der Waals surface area contributed by atoms with E-state index in [-0.39, 0.29) is 24.1 Å². The number of benzene rings is 1. The van der Waals surface area contributed by atoms with E-state index in [1.807, 2.05) is 12.1 Å². The number of ether oxygens (including phenoxy) is 2. The molecular formula is C23H28N4O4. The quantitative estimate of drug-likeness (QED) is 0.711. The predicted molar refractivity (Wildman–Crippen MR) is 117 cm³/mol. The highest BCUT2D eigenvalue weighted by Crippen LogP contribution is 2.19. The van der Waals surface area contributed by atoms with Crippen LogP contribution >= 0.6 is 0 Å². The van der Waals surface area contributed by atoms with Gasteiger partial charge in [0.2, 0.25) is 0 Å². The number of carbonyl (C=O) groups is 2. The Morgan fingerprint density at radius 2 is 1.74 bits per heavy atom. The third-order valence-electron chi connectivity index (χ3n) is 5.46. The lowest BCUT2D eigenvalue weighted by Gasteiger charge is -2.26. The number of rotatable bonds is 7. The van der Waals surface area contributed by atoms with Gasteiger partial charge in [0.1, 0.15) is 6.10 Å². The Bertz CT molecular complexity index is 863. The third-order valence-corrected chi connectivity index (χ3v) is 5.46. The zero-order valence-corrected chi connectivity index (χ0v) is 17.5. The molecule has 3 heterocycles. The summed E-state index contributed by atoms with van der Waals surface area (Å²) in [5.74, 6) is -0.131. The van der Waals surface area contributed by atoms with Crippen LogP contribution in [0, 0.1) is 0 Å². The van der Waals surface area contributed by atoms with Gasteiger partial charge in [0.25, 0.3) is 5.91 Å². The molecule has 4 rings (SSSR count). The van der Waals surface area contributed by atoms with Crippen LogP contribution in [0.15, 0.2) is 48.8 Å². The number of pyridine rings is 1. The summed E-state index contributed by atoms with van der Waals surface area (Å²) in [6.45, 7) is 2.35. The van der Waals surface area contributed by atoms with Crippen molar-refractivity contribution in [3.8, 4) is 0 Å². The second-order valence-electron chi connectivity index (χ2n) is 7.88. The number of carbonyl (C=O) groups excluding carboxylic acids is 2. The van der Waals surface area contributed by atoms with Crippen molar-refractivity contribution in [3.63, 3.8) is 0 Å². The first-order chi connectivity index (χ1) is 15.2. The number of hydrogen-bond donors (Lipinski definition) is 2. The molecule has 0 unspecified atom stereocenters. The lowest BCUT2D eigenvalue weighted by atomic mass is 10.2. The number of anilines is 2. The average Bonchev–Trinajstić information content (AvgIpc) is 3.50. The van der Waals surface area contributed by atoms with Crippen LogP contribution in [-0.4, -0.2) is 53.8 Å². The summed E-state index contributed by atoms with van der Waals surface area (Å²) < 4.78 is 11.1. The fourth-order valence-electron chi connectivity index (χ4n) is 3.81. The fourth-order valence-corrected chi connectivity index (χ4v) is 3.81. The molecule has 2 aliphatic rings. The summed E-state index contributed by atoms with van der Waals surface area (Å²) in [4.78, 5) is 31.1. The van der Waals surface area contributed by atoms with Crippen LogP contribution < -0.4 is 10.6 Å². The molecule has 2 aromatic rings. The van der Waals surface area contributed by atoms with E-state index in [9.17, 15) is 9.59 Å². The molecule has 0 aliphatic carbocycles. The summed E-state index contributed by atoms with van der Waals surface area (Å²) in [5.41, 5.74) is 2.29. The number of urea groups is 1. The molecule has 0 saturated carbocycles. The second kappa shape index (κ2) is 10.4. The minimum atomic E-state index is -0.377. The van der Waals surface area contributed by atoms with Gasteiger partial charge in [0, 0.05) is 50.1 Å². The van der Waals surface area contributed by atoms with E-state index in [0.717, 1.165) is 37.9 Å². The maximum absolute atomic E-state index is 13.0. The van der Waals surface area contributed by atoms with Gasteiger partial charge in [-0.3, -0.25) is 9.78 Å². The van der Waals surface area contributed by atoms with Gasteiger partial charge in [-0.2, -0.15) is 0 Å². The summed E-state index contributed by atoms with van der Waals surface area (Å²) in [6.07, 6.45) is 6.79. The van der Waals surface area contributed by atoms with E-state index >= 15 is 0 Å². The van der Waals surface area contributed by atoms with E-state index in [2.05, 4.69) is 15.6 Å². The molecule has 0 bridgehead atoms. The molecule has 2 saturated heterocycles. The molecule has 2 N–H and O–H groups in total. The molecule has 0 radical (unpaired) electrons. The molecule has 2 atom stereocenters. The van der Waals surface area contributed by atoms with Gasteiger partial charge in [-0.15, -0.1) is 0 Å². The van der Waals surface area contributed by atoms with Crippen LogP contribution in [0.2, 0.25) is 0 Å². The van der Waals surface area contributed by atoms with Crippen molar-refractivity contribution in [1.82, 2.24) is 9.88 Å². The minimum Gasteiger partial charge on any atom is -0.376 e. The molecule has 8 nitrogen and oxygen atoms in total. The van der Waals surface area contributed by atoms with E-state index in [1.54, 1.807) is 41.6 Å². The van der Waals surface area contributed by atoms with Gasteiger partial charge in [-0.05, 0) is 61.6 Å². The van der Waals surface area contributed by atoms with Crippen molar-refractivity contribution in [3.05, 3.63) is 54.4 Å². The number of aromatic nitrogens is 1. The molecule has 0 spiro atoms. The topological polar surface area (TPSA) is 92.8 Å². The van der Waals surface area contributed by atoms with Crippen molar-refractivity contribution in [2.75, 3.05) is 30.4 Å². The maximum Gasteiger partial charge on any atom is 0.322 e. The molecule has 1 aromatic heterocycles. The number of nitrogens with zero attached hydrogens (tertiary/aromatic N) is 2. The van der Waals surface area contributed by atoms with Crippen molar-refractivity contribution in [2.24, 2.45) is 0 Å². The van der Waals surface area contributed by atoms with Gasteiger partial charge in [0.15, 0.2) is 0 Å². The Morgan fingerprint density at radius 1 is 1.00 bits per heavy atom. The highest BCUT2D eigenvalue weighted by molar-refractivity contribution is 5.95. The predicted octanol–water partition coefficient (Wildman–Crippen LogP) is 3.41. The van der Waals surface area contributed by atoms with E-state index in [0.29, 0.717) is 31.1 Å². The number of hydrogen-bond acceptors (Lipinski definition) is 5. The van der Waals surface area contributed by atoms with Crippen molar-refractivity contribution >= 4 is 23.3 Å². The maximum atomic E-state index is 13.0. The molecule has 31 heavy (non-hydrogen) atoms. The molecular weight excluding hydrogens is 396 g/mol. The SMILES string of the molecule is O=C(Nc1ccc(NC(=O)N(Cc2cccnc2)C[C@H]2CCCO2)cc1)[C@@H]1CCCO1. The van der Waals surface area contributed by atoms with Crippen LogP contribution in [-0.2, 0) is 20.8 Å². The van der Waals surface area contributed by atoms with Gasteiger partial charge in [-0.1, -0.05) is 6.07 Å². The zero-order chi connectivity index (χ0) is 21.5. The molecule has 2 fully saturated rings. The highest BCUT2D eigenvalue weighted by Gasteiger charge is 2.24. The molecule has 1 aromatic carbocycles. The number of nitrogens with one attached hydrogen (secondary N) is 2. The van der Waals surface area contributed by atoms with Crippen LogP contribution in [0.4, 0.5) is 16.2 Å². The first-order valence-electron chi connectivity index (χ1n) is 10.8. The lowest BCUT2D eigenvalue weighted by molar-refractivity contribution is -0.124. The normalized spacial score (nSPS) is 20.4. The van der Waals surface area contributed by atoms with Crippen LogP contribution in [0.3, 0.4) is 0 Å². The smallest absolute Gasteiger partial charge is 0.322 e. The zero-order valence-electron chi connectivity index (χ0n) is 17.5. The molecule has 8 heteroatoms. The average molecular weight is 425 g/mol. The van der Waals surface area contributed by atoms with Crippen LogP contribution in [0.1, 0.15) is 31.2 Å². The Balaban J connectivity index is 1.36. The van der Waals surface area contributed by atoms with E-state index in [1.165, 1.54) is 0 Å². The van der Waals surface area contributed by atoms with Crippen molar-refractivity contribution < 1.29 is 19.1 Å². The monoisotopic (exact) mass is 424 g/mol. The lowest BCUT2D eigenvalue weighted by Crippen LogP contribution is -2.39.